The summed E-state index contributed by atoms with van der Waals surface area (Å²) >= 11 is 0. The number of aromatic nitrogens is 1. The van der Waals surface area contributed by atoms with Gasteiger partial charge in [0.2, 0.25) is 6.29 Å². The van der Waals surface area contributed by atoms with Gasteiger partial charge in [-0.15, -0.1) is 0 Å². The smallest absolute Gasteiger partial charge is 0.217 e. The maximum atomic E-state index is 10.0. The van der Waals surface area contributed by atoms with Crippen LogP contribution in [0.2, 0.25) is 0 Å². The molecule has 1 aromatic rings. The van der Waals surface area contributed by atoms with E-state index < -0.39 is 6.04 Å². The lowest BCUT2D eigenvalue weighted by Gasteiger charge is -2.00. The second-order valence-electron chi connectivity index (χ2n) is 2.28. The van der Waals surface area contributed by atoms with E-state index in [0.717, 1.165) is 5.56 Å². The van der Waals surface area contributed by atoms with Crippen LogP contribution >= 0.6 is 0 Å². The van der Waals surface area contributed by atoms with Crippen LogP contribution in [0.5, 0.6) is 0 Å². The van der Waals surface area contributed by atoms with Gasteiger partial charge in [0.25, 0.3) is 0 Å². The van der Waals surface area contributed by atoms with Crippen molar-refractivity contribution >= 4 is 6.29 Å². The summed E-state index contributed by atoms with van der Waals surface area (Å²) < 4.78 is 0. The van der Waals surface area contributed by atoms with Gasteiger partial charge in [-0.25, -0.2) is 0 Å². The normalized spacial score (nSPS) is 12.5. The van der Waals surface area contributed by atoms with Crippen LogP contribution in [-0.2, 0) is 11.2 Å². The van der Waals surface area contributed by atoms with Crippen LogP contribution in [0, 0.1) is 0 Å². The van der Waals surface area contributed by atoms with Crippen LogP contribution in [0.1, 0.15) is 5.56 Å². The van der Waals surface area contributed by atoms with Crippen molar-refractivity contribution in [3.63, 3.8) is 0 Å². The summed E-state index contributed by atoms with van der Waals surface area (Å²) in [6.07, 6.45) is 5.60. The molecule has 1 radical (unpaired) electrons. The van der Waals surface area contributed by atoms with Gasteiger partial charge in [0.1, 0.15) is 0 Å². The molecule has 1 heterocycles. The molecule has 0 aliphatic heterocycles. The molecule has 0 bridgehead atoms. The summed E-state index contributed by atoms with van der Waals surface area (Å²) in [5.74, 6) is 0. The van der Waals surface area contributed by atoms with E-state index in [9.17, 15) is 4.79 Å². The van der Waals surface area contributed by atoms with E-state index in [1.807, 2.05) is 12.1 Å². The summed E-state index contributed by atoms with van der Waals surface area (Å²) in [4.78, 5) is 13.9. The quantitative estimate of drug-likeness (QED) is 0.661. The van der Waals surface area contributed by atoms with Crippen molar-refractivity contribution < 1.29 is 4.79 Å². The Labute approximate surface area is 65.2 Å². The number of pyridine rings is 1. The Kier molecular flexibility index (Phi) is 2.74. The van der Waals surface area contributed by atoms with E-state index in [2.05, 4.69) is 4.98 Å². The maximum Gasteiger partial charge on any atom is 0.217 e. The zero-order chi connectivity index (χ0) is 8.10. The minimum absolute atomic E-state index is 0.516. The molecule has 2 N–H and O–H groups in total. The minimum Gasteiger partial charge on any atom is -0.321 e. The Morgan fingerprint density at radius 1 is 1.55 bits per heavy atom. The first-order valence-corrected chi connectivity index (χ1v) is 3.35. The van der Waals surface area contributed by atoms with Crippen molar-refractivity contribution in [1.82, 2.24) is 4.98 Å². The molecule has 0 aliphatic carbocycles. The fraction of sp³-hybridized carbons (Fsp3) is 0.250. The molecule has 0 fully saturated rings. The van der Waals surface area contributed by atoms with Crippen LogP contribution in [0.3, 0.4) is 0 Å². The first kappa shape index (κ1) is 7.88. The van der Waals surface area contributed by atoms with Gasteiger partial charge in [0, 0.05) is 12.4 Å². The first-order valence-electron chi connectivity index (χ1n) is 3.35. The third kappa shape index (κ3) is 2.47. The van der Waals surface area contributed by atoms with Crippen molar-refractivity contribution in [3.05, 3.63) is 30.1 Å². The predicted octanol–water partition coefficient (Wildman–Crippen LogP) is 0.0611. The van der Waals surface area contributed by atoms with Crippen LogP contribution in [0.4, 0.5) is 0 Å². The summed E-state index contributed by atoms with van der Waals surface area (Å²) in [5.41, 5.74) is 6.37. The molecule has 0 saturated carbocycles. The fourth-order valence-electron chi connectivity index (χ4n) is 0.814. The Bertz CT molecular complexity index is 223. The van der Waals surface area contributed by atoms with Gasteiger partial charge >= 0.3 is 0 Å². The SMILES string of the molecule is NC([C]=O)Cc1ccncc1. The lowest BCUT2D eigenvalue weighted by Crippen LogP contribution is -2.23. The van der Waals surface area contributed by atoms with Crippen molar-refractivity contribution in [3.8, 4) is 0 Å². The Morgan fingerprint density at radius 2 is 2.18 bits per heavy atom. The molecule has 1 rings (SSSR count). The molecular formula is C8H9N2O. The molecule has 1 unspecified atom stereocenters. The van der Waals surface area contributed by atoms with E-state index in [-0.39, 0.29) is 0 Å². The molecule has 3 nitrogen and oxygen atoms in total. The van der Waals surface area contributed by atoms with E-state index in [4.69, 9.17) is 5.73 Å². The number of hydrogen-bond donors (Lipinski definition) is 1. The number of rotatable bonds is 3. The van der Waals surface area contributed by atoms with Gasteiger partial charge in [-0.1, -0.05) is 0 Å². The van der Waals surface area contributed by atoms with E-state index in [1.165, 1.54) is 0 Å². The standard InChI is InChI=1S/C8H9N2O/c9-8(6-11)5-7-1-3-10-4-2-7/h1-4,8H,5,9H2. The highest BCUT2D eigenvalue weighted by atomic mass is 16.1. The Hall–Kier alpha value is -1.22. The van der Waals surface area contributed by atoms with Crippen molar-refractivity contribution in [2.24, 2.45) is 5.73 Å². The fourth-order valence-corrected chi connectivity index (χ4v) is 0.814. The van der Waals surface area contributed by atoms with Crippen molar-refractivity contribution in [2.45, 2.75) is 12.5 Å². The number of hydrogen-bond acceptors (Lipinski definition) is 3. The third-order valence-electron chi connectivity index (χ3n) is 1.36. The largest absolute Gasteiger partial charge is 0.321 e. The number of carbonyl (C=O) groups excluding carboxylic acids is 1. The van der Waals surface area contributed by atoms with Crippen LogP contribution < -0.4 is 5.73 Å². The van der Waals surface area contributed by atoms with E-state index >= 15 is 0 Å². The number of nitrogens with two attached hydrogens (primary N) is 1. The van der Waals surface area contributed by atoms with Gasteiger partial charge in [-0.05, 0) is 24.1 Å². The second-order valence-corrected chi connectivity index (χ2v) is 2.28. The Morgan fingerprint density at radius 3 is 2.73 bits per heavy atom. The average molecular weight is 149 g/mol. The highest BCUT2D eigenvalue weighted by Crippen LogP contribution is 1.98. The molecule has 3 heteroatoms. The third-order valence-corrected chi connectivity index (χ3v) is 1.36. The Balaban J connectivity index is 2.57. The molecule has 1 aromatic heterocycles. The van der Waals surface area contributed by atoms with Crippen LogP contribution in [-0.4, -0.2) is 17.3 Å². The first-order chi connectivity index (χ1) is 5.33. The molecule has 57 valence electrons. The van der Waals surface area contributed by atoms with Crippen molar-refractivity contribution in [2.75, 3.05) is 0 Å². The monoisotopic (exact) mass is 149 g/mol. The molecule has 0 amide bonds. The summed E-state index contributed by atoms with van der Waals surface area (Å²) in [6.45, 7) is 0. The van der Waals surface area contributed by atoms with Gasteiger partial charge in [0.15, 0.2) is 0 Å². The molecule has 1 atom stereocenters. The van der Waals surface area contributed by atoms with Gasteiger partial charge in [-0.2, -0.15) is 0 Å². The predicted molar refractivity (Wildman–Crippen MR) is 41.6 cm³/mol. The highest BCUT2D eigenvalue weighted by Gasteiger charge is 2.01. The lowest BCUT2D eigenvalue weighted by atomic mass is 10.1. The molecule has 0 saturated heterocycles. The molecule has 0 spiro atoms. The van der Waals surface area contributed by atoms with E-state index in [0.29, 0.717) is 6.42 Å². The molecule has 0 aromatic carbocycles. The molecule has 0 aliphatic rings. The van der Waals surface area contributed by atoms with Crippen LogP contribution in [0.15, 0.2) is 24.5 Å². The topological polar surface area (TPSA) is 56.0 Å². The second kappa shape index (κ2) is 3.83. The zero-order valence-corrected chi connectivity index (χ0v) is 6.03. The summed E-state index contributed by atoms with van der Waals surface area (Å²) in [7, 11) is 0. The average Bonchev–Trinajstić information content (AvgIpc) is 2.06. The maximum absolute atomic E-state index is 10.0. The number of nitrogens with zero attached hydrogens (tertiary/aromatic N) is 1. The minimum atomic E-state index is -0.516. The van der Waals surface area contributed by atoms with Gasteiger partial charge in [0.05, 0.1) is 6.04 Å². The lowest BCUT2D eigenvalue weighted by molar-refractivity contribution is 0.541. The molecule has 11 heavy (non-hydrogen) atoms. The van der Waals surface area contributed by atoms with Crippen LogP contribution in [0.25, 0.3) is 0 Å². The molecular weight excluding hydrogens is 140 g/mol. The zero-order valence-electron chi connectivity index (χ0n) is 6.03. The van der Waals surface area contributed by atoms with Gasteiger partial charge in [-0.3, -0.25) is 9.78 Å². The van der Waals surface area contributed by atoms with Crippen molar-refractivity contribution in [1.29, 1.82) is 0 Å². The van der Waals surface area contributed by atoms with Gasteiger partial charge < -0.3 is 5.73 Å². The summed E-state index contributed by atoms with van der Waals surface area (Å²) in [5, 5.41) is 0. The highest BCUT2D eigenvalue weighted by molar-refractivity contribution is 5.58. The van der Waals surface area contributed by atoms with E-state index in [1.54, 1.807) is 18.7 Å². The summed E-state index contributed by atoms with van der Waals surface area (Å²) in [6, 6.07) is 3.14.